The van der Waals surface area contributed by atoms with E-state index < -0.39 is 0 Å². The van der Waals surface area contributed by atoms with Gasteiger partial charge in [-0.1, -0.05) is 0 Å². The molecule has 0 aromatic carbocycles. The van der Waals surface area contributed by atoms with Crippen molar-refractivity contribution >= 4 is 0 Å². The average molecular weight is 169 g/mol. The van der Waals surface area contributed by atoms with Gasteiger partial charge in [-0.3, -0.25) is 4.90 Å². The van der Waals surface area contributed by atoms with Crippen molar-refractivity contribution in [3.8, 4) is 0 Å². The second-order valence-electron chi connectivity index (χ2n) is 4.61. The van der Waals surface area contributed by atoms with Gasteiger partial charge in [-0.25, -0.2) is 0 Å². The lowest BCUT2D eigenvalue weighted by Gasteiger charge is -2.54. The van der Waals surface area contributed by atoms with E-state index in [1.54, 1.807) is 0 Å². The number of hydrogen-bond acceptors (Lipinski definition) is 2. The highest BCUT2D eigenvalue weighted by Gasteiger charge is 2.44. The Labute approximate surface area is 74.9 Å². The molecule has 2 heterocycles. The molecular formula is C10H19NO. The lowest BCUT2D eigenvalue weighted by molar-refractivity contribution is -0.0919. The number of rotatable bonds is 1. The summed E-state index contributed by atoms with van der Waals surface area (Å²) in [4.78, 5) is 2.56. The summed E-state index contributed by atoms with van der Waals surface area (Å²) in [6, 6.07) is 0.735. The number of nitrogens with zero attached hydrogens (tertiary/aromatic N) is 1. The van der Waals surface area contributed by atoms with Gasteiger partial charge >= 0.3 is 0 Å². The highest BCUT2D eigenvalue weighted by Crippen LogP contribution is 2.40. The Bertz CT molecular complexity index is 153. The first kappa shape index (κ1) is 8.52. The van der Waals surface area contributed by atoms with Gasteiger partial charge in [-0.2, -0.15) is 0 Å². The van der Waals surface area contributed by atoms with Gasteiger partial charge in [0.05, 0.1) is 0 Å². The Morgan fingerprint density at radius 2 is 1.75 bits per heavy atom. The second kappa shape index (κ2) is 3.00. The third-order valence-corrected chi connectivity index (χ3v) is 3.36. The van der Waals surface area contributed by atoms with Crippen molar-refractivity contribution in [1.82, 2.24) is 4.90 Å². The Kier molecular flexibility index (Phi) is 2.13. The molecule has 1 spiro atoms. The predicted molar refractivity (Wildman–Crippen MR) is 49.2 cm³/mol. The van der Waals surface area contributed by atoms with Crippen LogP contribution in [0, 0.1) is 5.41 Å². The van der Waals surface area contributed by atoms with Crippen LogP contribution in [0.25, 0.3) is 0 Å². The summed E-state index contributed by atoms with van der Waals surface area (Å²) >= 11 is 0. The minimum Gasteiger partial charge on any atom is -0.381 e. The Balaban J connectivity index is 1.84. The molecule has 0 radical (unpaired) electrons. The topological polar surface area (TPSA) is 12.5 Å². The molecule has 2 aliphatic heterocycles. The van der Waals surface area contributed by atoms with Crippen molar-refractivity contribution in [2.45, 2.75) is 32.7 Å². The van der Waals surface area contributed by atoms with Crippen molar-refractivity contribution in [2.24, 2.45) is 5.41 Å². The third-order valence-electron chi connectivity index (χ3n) is 3.36. The van der Waals surface area contributed by atoms with Crippen LogP contribution in [0.1, 0.15) is 26.7 Å². The van der Waals surface area contributed by atoms with E-state index in [2.05, 4.69) is 18.7 Å². The number of ether oxygens (including phenoxy) is 1. The SMILES string of the molecule is CC(C)N1CC2(CCOCC2)C1. The normalized spacial score (nSPS) is 29.2. The van der Waals surface area contributed by atoms with Crippen LogP contribution >= 0.6 is 0 Å². The van der Waals surface area contributed by atoms with Crippen molar-refractivity contribution in [2.75, 3.05) is 26.3 Å². The molecule has 0 atom stereocenters. The minimum absolute atomic E-state index is 0.655. The highest BCUT2D eigenvalue weighted by atomic mass is 16.5. The summed E-state index contributed by atoms with van der Waals surface area (Å²) in [5.74, 6) is 0. The molecule has 12 heavy (non-hydrogen) atoms. The van der Waals surface area contributed by atoms with E-state index >= 15 is 0 Å². The van der Waals surface area contributed by atoms with Crippen LogP contribution in [0.2, 0.25) is 0 Å². The molecule has 2 heteroatoms. The van der Waals surface area contributed by atoms with Gasteiger partial charge in [0.2, 0.25) is 0 Å². The Hall–Kier alpha value is -0.0800. The molecule has 0 bridgehead atoms. The zero-order valence-electron chi connectivity index (χ0n) is 8.18. The first-order chi connectivity index (χ1) is 5.72. The van der Waals surface area contributed by atoms with E-state index in [4.69, 9.17) is 4.74 Å². The van der Waals surface area contributed by atoms with Gasteiger partial charge in [0.1, 0.15) is 0 Å². The van der Waals surface area contributed by atoms with Gasteiger partial charge in [-0.15, -0.1) is 0 Å². The number of hydrogen-bond donors (Lipinski definition) is 0. The fraction of sp³-hybridized carbons (Fsp3) is 1.00. The van der Waals surface area contributed by atoms with Crippen LogP contribution in [-0.4, -0.2) is 37.2 Å². The van der Waals surface area contributed by atoms with Gasteiger partial charge in [0.15, 0.2) is 0 Å². The van der Waals surface area contributed by atoms with Gasteiger partial charge in [0, 0.05) is 37.8 Å². The van der Waals surface area contributed by atoms with Crippen molar-refractivity contribution in [3.05, 3.63) is 0 Å². The van der Waals surface area contributed by atoms with Crippen LogP contribution in [-0.2, 0) is 4.74 Å². The van der Waals surface area contributed by atoms with Gasteiger partial charge in [-0.05, 0) is 26.7 Å². The van der Waals surface area contributed by atoms with E-state index in [1.165, 1.54) is 25.9 Å². The van der Waals surface area contributed by atoms with Gasteiger partial charge in [0.25, 0.3) is 0 Å². The predicted octanol–water partition coefficient (Wildman–Crippen LogP) is 1.51. The largest absolute Gasteiger partial charge is 0.381 e. The Morgan fingerprint density at radius 3 is 2.25 bits per heavy atom. The summed E-state index contributed by atoms with van der Waals surface area (Å²) < 4.78 is 5.38. The lowest BCUT2D eigenvalue weighted by Crippen LogP contribution is -2.60. The molecule has 2 fully saturated rings. The van der Waals surface area contributed by atoms with E-state index in [9.17, 15) is 0 Å². The number of likely N-dealkylation sites (tertiary alicyclic amines) is 1. The fourth-order valence-electron chi connectivity index (χ4n) is 2.30. The molecule has 0 amide bonds. The maximum atomic E-state index is 5.38. The van der Waals surface area contributed by atoms with Crippen molar-refractivity contribution < 1.29 is 4.74 Å². The minimum atomic E-state index is 0.655. The molecule has 0 saturated carbocycles. The first-order valence-corrected chi connectivity index (χ1v) is 5.04. The second-order valence-corrected chi connectivity index (χ2v) is 4.61. The van der Waals surface area contributed by atoms with E-state index in [-0.39, 0.29) is 0 Å². The van der Waals surface area contributed by atoms with Crippen molar-refractivity contribution in [3.63, 3.8) is 0 Å². The Morgan fingerprint density at radius 1 is 1.17 bits per heavy atom. The first-order valence-electron chi connectivity index (χ1n) is 5.04. The third kappa shape index (κ3) is 1.38. The van der Waals surface area contributed by atoms with E-state index in [0.29, 0.717) is 5.41 Å². The average Bonchev–Trinajstić information content (AvgIpc) is 2.01. The summed E-state index contributed by atoms with van der Waals surface area (Å²) in [5.41, 5.74) is 0.655. The molecule has 0 aliphatic carbocycles. The molecule has 2 nitrogen and oxygen atoms in total. The smallest absolute Gasteiger partial charge is 0.0472 e. The maximum absolute atomic E-state index is 5.38. The molecule has 0 unspecified atom stereocenters. The van der Waals surface area contributed by atoms with Crippen LogP contribution in [0.15, 0.2) is 0 Å². The van der Waals surface area contributed by atoms with Crippen LogP contribution in [0.4, 0.5) is 0 Å². The quantitative estimate of drug-likeness (QED) is 0.590. The van der Waals surface area contributed by atoms with Crippen LogP contribution < -0.4 is 0 Å². The standard InChI is InChI=1S/C10H19NO/c1-9(2)11-7-10(8-11)3-5-12-6-4-10/h9H,3-8H2,1-2H3. The fourth-order valence-corrected chi connectivity index (χ4v) is 2.30. The van der Waals surface area contributed by atoms with Gasteiger partial charge < -0.3 is 4.74 Å². The van der Waals surface area contributed by atoms with Crippen LogP contribution in [0.5, 0.6) is 0 Å². The van der Waals surface area contributed by atoms with Crippen LogP contribution in [0.3, 0.4) is 0 Å². The van der Waals surface area contributed by atoms with Crippen molar-refractivity contribution in [1.29, 1.82) is 0 Å². The molecule has 0 aromatic rings. The summed E-state index contributed by atoms with van der Waals surface area (Å²) in [6.07, 6.45) is 2.58. The molecule has 2 saturated heterocycles. The zero-order chi connectivity index (χ0) is 8.60. The zero-order valence-corrected chi connectivity index (χ0v) is 8.18. The van der Waals surface area contributed by atoms with E-state index in [1.807, 2.05) is 0 Å². The van der Waals surface area contributed by atoms with E-state index in [0.717, 1.165) is 19.3 Å². The summed E-state index contributed by atoms with van der Waals surface area (Å²) in [5, 5.41) is 0. The molecule has 2 aliphatic rings. The summed E-state index contributed by atoms with van der Waals surface area (Å²) in [7, 11) is 0. The molecule has 0 N–H and O–H groups in total. The summed E-state index contributed by atoms with van der Waals surface area (Å²) in [6.45, 7) is 9.18. The maximum Gasteiger partial charge on any atom is 0.0472 e. The molecule has 0 aromatic heterocycles. The monoisotopic (exact) mass is 169 g/mol. The molecule has 2 rings (SSSR count). The molecule has 70 valence electrons. The molecular weight excluding hydrogens is 150 g/mol. The lowest BCUT2D eigenvalue weighted by atomic mass is 9.73. The highest BCUT2D eigenvalue weighted by molar-refractivity contribution is 4.96.